The van der Waals surface area contributed by atoms with Crippen LogP contribution in [0.4, 0.5) is 0 Å². The van der Waals surface area contributed by atoms with E-state index in [2.05, 4.69) is 40.1 Å². The fourth-order valence-corrected chi connectivity index (χ4v) is 3.27. The average molecular weight is 342 g/mol. The maximum absolute atomic E-state index is 10.4. The molecule has 0 saturated carbocycles. The topological polar surface area (TPSA) is 45.2 Å². The molecule has 134 valence electrons. The van der Waals surface area contributed by atoms with Crippen LogP contribution < -0.4 is 9.47 Å². The average Bonchev–Trinajstić information content (AvgIpc) is 2.65. The molecule has 25 heavy (non-hydrogen) atoms. The summed E-state index contributed by atoms with van der Waals surface area (Å²) in [5, 5.41) is 10.4. The van der Waals surface area contributed by atoms with E-state index in [1.807, 2.05) is 12.1 Å². The van der Waals surface area contributed by atoms with Crippen LogP contribution in [0.3, 0.4) is 0 Å². The van der Waals surface area contributed by atoms with Crippen molar-refractivity contribution in [2.45, 2.75) is 13.1 Å². The van der Waals surface area contributed by atoms with Gasteiger partial charge in [0.25, 0.3) is 0 Å². The molecule has 2 aromatic rings. The molecular weight excluding hydrogens is 316 g/mol. The molecule has 0 spiro atoms. The number of phenolic OH excluding ortho intramolecular Hbond substituents is 1. The van der Waals surface area contributed by atoms with Crippen LogP contribution in [0.5, 0.6) is 17.2 Å². The number of piperazine rings is 1. The van der Waals surface area contributed by atoms with Crippen molar-refractivity contribution < 1.29 is 14.6 Å². The minimum atomic E-state index is 0.175. The van der Waals surface area contributed by atoms with Gasteiger partial charge < -0.3 is 14.6 Å². The molecule has 5 heteroatoms. The standard InChI is InChI=1S/C20H26N2O3/c1-24-18-9-8-17(19(23)20(18)25-2)15-22-12-10-21(11-13-22)14-16-6-4-3-5-7-16/h3-9,23H,10-15H2,1-2H3. The van der Waals surface area contributed by atoms with Gasteiger partial charge in [-0.05, 0) is 11.6 Å². The highest BCUT2D eigenvalue weighted by Gasteiger charge is 2.20. The fourth-order valence-electron chi connectivity index (χ4n) is 3.27. The van der Waals surface area contributed by atoms with Crippen LogP contribution in [0.1, 0.15) is 11.1 Å². The Morgan fingerprint density at radius 1 is 0.840 bits per heavy atom. The molecule has 1 aliphatic heterocycles. The number of benzene rings is 2. The van der Waals surface area contributed by atoms with Crippen LogP contribution >= 0.6 is 0 Å². The Bertz CT molecular complexity index is 683. The van der Waals surface area contributed by atoms with Crippen LogP contribution in [0.15, 0.2) is 42.5 Å². The van der Waals surface area contributed by atoms with Crippen LogP contribution in [0, 0.1) is 0 Å². The van der Waals surface area contributed by atoms with Gasteiger partial charge in [-0.25, -0.2) is 0 Å². The smallest absolute Gasteiger partial charge is 0.203 e. The number of aromatic hydroxyl groups is 1. The number of ether oxygens (including phenoxy) is 2. The highest BCUT2D eigenvalue weighted by atomic mass is 16.5. The zero-order valence-electron chi connectivity index (χ0n) is 14.9. The fraction of sp³-hybridized carbons (Fsp3) is 0.400. The summed E-state index contributed by atoms with van der Waals surface area (Å²) in [5.74, 6) is 1.13. The molecule has 1 heterocycles. The van der Waals surface area contributed by atoms with Gasteiger partial charge in [-0.3, -0.25) is 9.80 Å². The summed E-state index contributed by atoms with van der Waals surface area (Å²) in [6.07, 6.45) is 0. The maximum atomic E-state index is 10.4. The highest BCUT2D eigenvalue weighted by Crippen LogP contribution is 2.39. The Hall–Kier alpha value is -2.24. The van der Waals surface area contributed by atoms with Gasteiger partial charge in [0.2, 0.25) is 5.75 Å². The quantitative estimate of drug-likeness (QED) is 0.874. The van der Waals surface area contributed by atoms with E-state index in [1.165, 1.54) is 5.56 Å². The zero-order valence-corrected chi connectivity index (χ0v) is 14.9. The van der Waals surface area contributed by atoms with Gasteiger partial charge in [-0.2, -0.15) is 0 Å². The van der Waals surface area contributed by atoms with E-state index in [0.29, 0.717) is 18.0 Å². The van der Waals surface area contributed by atoms with Crippen molar-refractivity contribution in [3.05, 3.63) is 53.6 Å². The lowest BCUT2D eigenvalue weighted by atomic mass is 10.1. The largest absolute Gasteiger partial charge is 0.504 e. The number of nitrogens with zero attached hydrogens (tertiary/aromatic N) is 2. The van der Waals surface area contributed by atoms with Gasteiger partial charge in [0, 0.05) is 44.8 Å². The van der Waals surface area contributed by atoms with Gasteiger partial charge in [-0.1, -0.05) is 36.4 Å². The first-order valence-corrected chi connectivity index (χ1v) is 8.62. The first-order chi connectivity index (χ1) is 12.2. The summed E-state index contributed by atoms with van der Waals surface area (Å²) in [4.78, 5) is 4.84. The first-order valence-electron chi connectivity index (χ1n) is 8.62. The molecular formula is C20H26N2O3. The molecule has 5 nitrogen and oxygen atoms in total. The predicted molar refractivity (Wildman–Crippen MR) is 98.2 cm³/mol. The van der Waals surface area contributed by atoms with E-state index in [4.69, 9.17) is 9.47 Å². The summed E-state index contributed by atoms with van der Waals surface area (Å²) < 4.78 is 10.5. The summed E-state index contributed by atoms with van der Waals surface area (Å²) in [6.45, 7) is 5.74. The maximum Gasteiger partial charge on any atom is 0.203 e. The third kappa shape index (κ3) is 4.24. The Kier molecular flexibility index (Phi) is 5.79. The molecule has 1 saturated heterocycles. The monoisotopic (exact) mass is 342 g/mol. The van der Waals surface area contributed by atoms with Crippen LogP contribution in [0.2, 0.25) is 0 Å². The predicted octanol–water partition coefficient (Wildman–Crippen LogP) is 2.73. The van der Waals surface area contributed by atoms with Crippen molar-refractivity contribution in [3.63, 3.8) is 0 Å². The molecule has 0 unspecified atom stereocenters. The zero-order chi connectivity index (χ0) is 17.6. The first kappa shape index (κ1) is 17.6. The van der Waals surface area contributed by atoms with Crippen LogP contribution in [-0.4, -0.2) is 55.3 Å². The molecule has 0 bridgehead atoms. The third-order valence-corrected chi connectivity index (χ3v) is 4.71. The number of methoxy groups -OCH3 is 2. The van der Waals surface area contributed by atoms with E-state index in [9.17, 15) is 5.11 Å². The Morgan fingerprint density at radius 2 is 1.48 bits per heavy atom. The minimum Gasteiger partial charge on any atom is -0.504 e. The van der Waals surface area contributed by atoms with E-state index in [1.54, 1.807) is 14.2 Å². The highest BCUT2D eigenvalue weighted by molar-refractivity contribution is 5.54. The van der Waals surface area contributed by atoms with Gasteiger partial charge >= 0.3 is 0 Å². The van der Waals surface area contributed by atoms with E-state index >= 15 is 0 Å². The van der Waals surface area contributed by atoms with Crippen LogP contribution in [0.25, 0.3) is 0 Å². The lowest BCUT2D eigenvalue weighted by Gasteiger charge is -2.35. The Balaban J connectivity index is 1.57. The lowest BCUT2D eigenvalue weighted by Crippen LogP contribution is -2.45. The molecule has 0 aromatic heterocycles. The number of phenols is 1. The van der Waals surface area contributed by atoms with E-state index in [-0.39, 0.29) is 5.75 Å². The van der Waals surface area contributed by atoms with Crippen molar-refractivity contribution in [1.82, 2.24) is 9.80 Å². The molecule has 1 aliphatic rings. The second-order valence-corrected chi connectivity index (χ2v) is 6.35. The summed E-state index contributed by atoms with van der Waals surface area (Å²) in [7, 11) is 3.12. The van der Waals surface area contributed by atoms with Gasteiger partial charge in [0.1, 0.15) is 0 Å². The number of rotatable bonds is 6. The van der Waals surface area contributed by atoms with E-state index < -0.39 is 0 Å². The molecule has 1 fully saturated rings. The number of hydrogen-bond acceptors (Lipinski definition) is 5. The molecule has 0 radical (unpaired) electrons. The van der Waals surface area contributed by atoms with Crippen molar-refractivity contribution >= 4 is 0 Å². The minimum absolute atomic E-state index is 0.175. The van der Waals surface area contributed by atoms with Crippen LogP contribution in [-0.2, 0) is 13.1 Å². The normalized spacial score (nSPS) is 15.9. The molecule has 1 N–H and O–H groups in total. The van der Waals surface area contributed by atoms with Crippen molar-refractivity contribution in [2.24, 2.45) is 0 Å². The van der Waals surface area contributed by atoms with Gasteiger partial charge in [0.15, 0.2) is 11.5 Å². The summed E-state index contributed by atoms with van der Waals surface area (Å²) in [5.41, 5.74) is 2.22. The van der Waals surface area contributed by atoms with Crippen molar-refractivity contribution in [2.75, 3.05) is 40.4 Å². The van der Waals surface area contributed by atoms with Crippen molar-refractivity contribution in [1.29, 1.82) is 0 Å². The molecule has 0 aliphatic carbocycles. The Morgan fingerprint density at radius 3 is 2.08 bits per heavy atom. The Labute approximate surface area is 149 Å². The molecule has 3 rings (SSSR count). The molecule has 2 aromatic carbocycles. The lowest BCUT2D eigenvalue weighted by molar-refractivity contribution is 0.121. The molecule has 0 atom stereocenters. The van der Waals surface area contributed by atoms with Gasteiger partial charge in [-0.15, -0.1) is 0 Å². The number of hydrogen-bond donors (Lipinski definition) is 1. The third-order valence-electron chi connectivity index (χ3n) is 4.71. The second-order valence-electron chi connectivity index (χ2n) is 6.35. The SMILES string of the molecule is COc1ccc(CN2CCN(Cc3ccccc3)CC2)c(O)c1OC. The summed E-state index contributed by atoms with van der Waals surface area (Å²) >= 11 is 0. The van der Waals surface area contributed by atoms with E-state index in [0.717, 1.165) is 38.3 Å². The molecule has 0 amide bonds. The van der Waals surface area contributed by atoms with Crippen molar-refractivity contribution in [3.8, 4) is 17.2 Å². The second kappa shape index (κ2) is 8.23. The van der Waals surface area contributed by atoms with Gasteiger partial charge in [0.05, 0.1) is 14.2 Å². The summed E-state index contributed by atoms with van der Waals surface area (Å²) in [6, 6.07) is 14.3.